The fraction of sp³-hybridized carbons (Fsp3) is 0.400. The molecule has 1 saturated heterocycles. The summed E-state index contributed by atoms with van der Waals surface area (Å²) < 4.78 is 27.7. The Bertz CT molecular complexity index is 1140. The van der Waals surface area contributed by atoms with Gasteiger partial charge in [-0.15, -0.1) is 0 Å². The molecule has 0 atom stereocenters. The molecule has 0 radical (unpaired) electrons. The van der Waals surface area contributed by atoms with Crippen molar-refractivity contribution in [3.63, 3.8) is 0 Å². The highest BCUT2D eigenvalue weighted by Crippen LogP contribution is 2.27. The van der Waals surface area contributed by atoms with Crippen molar-refractivity contribution < 1.29 is 8.42 Å². The van der Waals surface area contributed by atoms with Crippen molar-refractivity contribution in [1.82, 2.24) is 14.5 Å². The minimum atomic E-state index is -3.55. The van der Waals surface area contributed by atoms with Gasteiger partial charge in [0.1, 0.15) is 0 Å². The number of nitriles is 1. The molecule has 3 rings (SSSR count). The van der Waals surface area contributed by atoms with Crippen LogP contribution >= 0.6 is 0 Å². The molecule has 0 bridgehead atoms. The van der Waals surface area contributed by atoms with Crippen LogP contribution in [-0.2, 0) is 10.0 Å². The number of nitrogens with one attached hydrogen (secondary N) is 1. The molecule has 1 N–H and O–H groups in total. The van der Waals surface area contributed by atoms with Crippen molar-refractivity contribution in [2.45, 2.75) is 40.5 Å². The van der Waals surface area contributed by atoms with Gasteiger partial charge in [-0.1, -0.05) is 80.6 Å². The van der Waals surface area contributed by atoms with Gasteiger partial charge in [0, 0.05) is 44.8 Å². The fourth-order valence-corrected chi connectivity index (χ4v) is 5.24. The van der Waals surface area contributed by atoms with Crippen LogP contribution in [0.15, 0.2) is 94.5 Å². The standard InChI is InChI=1S/C21H29N5O2S.C7H8.C2H6/c1-3-8-21-19(9-7-12-22)17-26(29(27,28)20-10-5-6-11-20)16-15-25(21)14-13-24-18-23-4-2;1-7-5-3-2-4-6-7;1-2/h3,5-6,8-10,18H,1,4,7,11,13-17H2,2H3,(H,23,24);2-6H,1H3;1-2H3/b19-9-,21-8+;;. The normalized spacial score (nSPS) is 17.7. The highest BCUT2D eigenvalue weighted by Gasteiger charge is 2.31. The zero-order chi connectivity index (χ0) is 28.2. The summed E-state index contributed by atoms with van der Waals surface area (Å²) in [5.74, 6) is 0. The van der Waals surface area contributed by atoms with Crippen LogP contribution in [0.4, 0.5) is 0 Å². The van der Waals surface area contributed by atoms with E-state index in [-0.39, 0.29) is 13.0 Å². The number of sulfonamides is 1. The molecule has 38 heavy (non-hydrogen) atoms. The average molecular weight is 538 g/mol. The van der Waals surface area contributed by atoms with E-state index in [9.17, 15) is 8.42 Å². The molecule has 1 aromatic rings. The SMILES string of the molecule is C=C/C=C1\C(=C/CC#N)CN(S(=O)(=O)C2=CC=CC2)CCN1CCN=CNCC.CC.Cc1ccccc1. The van der Waals surface area contributed by atoms with Crippen molar-refractivity contribution >= 4 is 16.4 Å². The molecule has 1 aliphatic heterocycles. The quantitative estimate of drug-likeness (QED) is 0.339. The maximum atomic E-state index is 13.1. The van der Waals surface area contributed by atoms with E-state index >= 15 is 0 Å². The summed E-state index contributed by atoms with van der Waals surface area (Å²) in [5, 5.41) is 12.1. The Morgan fingerprint density at radius 3 is 2.50 bits per heavy atom. The second kappa shape index (κ2) is 18.8. The summed E-state index contributed by atoms with van der Waals surface area (Å²) in [6, 6.07) is 12.4. The van der Waals surface area contributed by atoms with Crippen LogP contribution in [0.25, 0.3) is 0 Å². The van der Waals surface area contributed by atoms with E-state index in [1.807, 2.05) is 51.1 Å². The van der Waals surface area contributed by atoms with Crippen LogP contribution in [0, 0.1) is 18.3 Å². The number of aliphatic imine (C=N–C) groups is 1. The first-order valence-corrected chi connectivity index (χ1v) is 14.6. The summed E-state index contributed by atoms with van der Waals surface area (Å²) >= 11 is 0. The van der Waals surface area contributed by atoms with E-state index < -0.39 is 10.0 Å². The van der Waals surface area contributed by atoms with Gasteiger partial charge in [-0.05, 0) is 31.6 Å². The van der Waals surface area contributed by atoms with Crippen molar-refractivity contribution in [2.24, 2.45) is 4.99 Å². The number of hydrogen-bond donors (Lipinski definition) is 1. The zero-order valence-electron chi connectivity index (χ0n) is 23.3. The van der Waals surface area contributed by atoms with Crippen LogP contribution in [0.3, 0.4) is 0 Å². The topological polar surface area (TPSA) is 88.8 Å². The van der Waals surface area contributed by atoms with Gasteiger partial charge in [-0.25, -0.2) is 8.42 Å². The smallest absolute Gasteiger partial charge is 0.239 e. The minimum Gasteiger partial charge on any atom is -0.377 e. The molecule has 1 heterocycles. The van der Waals surface area contributed by atoms with Gasteiger partial charge in [0.2, 0.25) is 10.0 Å². The van der Waals surface area contributed by atoms with Crippen LogP contribution < -0.4 is 5.32 Å². The minimum absolute atomic E-state index is 0.217. The highest BCUT2D eigenvalue weighted by molar-refractivity contribution is 7.93. The molecule has 0 aromatic heterocycles. The van der Waals surface area contributed by atoms with Gasteiger partial charge in [0.25, 0.3) is 0 Å². The number of nitrogens with zero attached hydrogens (tertiary/aromatic N) is 4. The Kier molecular flexibility index (Phi) is 16.1. The van der Waals surface area contributed by atoms with Crippen molar-refractivity contribution in [1.29, 1.82) is 5.26 Å². The molecule has 0 amide bonds. The molecule has 206 valence electrons. The molecule has 0 spiro atoms. The van der Waals surface area contributed by atoms with Crippen molar-refractivity contribution in [3.8, 4) is 6.07 Å². The lowest BCUT2D eigenvalue weighted by molar-refractivity contribution is 0.345. The molecule has 1 fully saturated rings. The molecule has 8 heteroatoms. The first-order chi connectivity index (χ1) is 18.4. The number of hydrogen-bond acceptors (Lipinski definition) is 5. The van der Waals surface area contributed by atoms with Crippen LogP contribution in [-0.4, -0.2) is 63.2 Å². The van der Waals surface area contributed by atoms with Crippen LogP contribution in [0.5, 0.6) is 0 Å². The predicted molar refractivity (Wildman–Crippen MR) is 160 cm³/mol. The van der Waals surface area contributed by atoms with Gasteiger partial charge in [-0.3, -0.25) is 4.99 Å². The van der Waals surface area contributed by atoms with Crippen molar-refractivity contribution in [3.05, 3.63) is 95.1 Å². The number of aryl methyl sites for hydroxylation is 1. The molecule has 0 saturated carbocycles. The summed E-state index contributed by atoms with van der Waals surface area (Å²) in [6.45, 7) is 15.1. The largest absolute Gasteiger partial charge is 0.377 e. The van der Waals surface area contributed by atoms with E-state index in [1.54, 1.807) is 30.6 Å². The lowest BCUT2D eigenvalue weighted by atomic mass is 10.1. The van der Waals surface area contributed by atoms with Crippen LogP contribution in [0.2, 0.25) is 0 Å². The second-order valence-corrected chi connectivity index (χ2v) is 10.2. The van der Waals surface area contributed by atoms with E-state index in [4.69, 9.17) is 5.26 Å². The fourth-order valence-electron chi connectivity index (χ4n) is 3.72. The van der Waals surface area contributed by atoms with E-state index in [2.05, 4.69) is 46.9 Å². The lowest BCUT2D eigenvalue weighted by Gasteiger charge is -2.25. The van der Waals surface area contributed by atoms with Crippen molar-refractivity contribution in [2.75, 3.05) is 39.3 Å². The third kappa shape index (κ3) is 10.9. The number of allylic oxidation sites excluding steroid dienone is 7. The maximum Gasteiger partial charge on any atom is 0.239 e. The zero-order valence-corrected chi connectivity index (χ0v) is 24.1. The summed E-state index contributed by atoms with van der Waals surface area (Å²) in [7, 11) is -3.55. The first kappa shape index (κ1) is 32.6. The second-order valence-electron chi connectivity index (χ2n) is 8.22. The summed E-state index contributed by atoms with van der Waals surface area (Å²) in [6.07, 6.45) is 13.0. The third-order valence-corrected chi connectivity index (χ3v) is 7.54. The molecular weight excluding hydrogens is 494 g/mol. The Morgan fingerprint density at radius 1 is 1.21 bits per heavy atom. The lowest BCUT2D eigenvalue weighted by Crippen LogP contribution is -2.36. The predicted octanol–water partition coefficient (Wildman–Crippen LogP) is 5.35. The molecule has 7 nitrogen and oxygen atoms in total. The molecule has 0 unspecified atom stereocenters. The van der Waals surface area contributed by atoms with Gasteiger partial charge in [0.05, 0.1) is 30.3 Å². The van der Waals surface area contributed by atoms with Gasteiger partial charge >= 0.3 is 0 Å². The van der Waals surface area contributed by atoms with Gasteiger partial charge in [0.15, 0.2) is 0 Å². The van der Waals surface area contributed by atoms with E-state index in [0.717, 1.165) is 17.8 Å². The Morgan fingerprint density at radius 2 is 1.95 bits per heavy atom. The molecule has 2 aliphatic rings. The summed E-state index contributed by atoms with van der Waals surface area (Å²) in [5.41, 5.74) is 3.03. The van der Waals surface area contributed by atoms with Gasteiger partial charge in [-0.2, -0.15) is 9.57 Å². The van der Waals surface area contributed by atoms with E-state index in [0.29, 0.717) is 37.5 Å². The maximum absolute atomic E-state index is 13.1. The molecular formula is C30H43N5O2S. The third-order valence-electron chi connectivity index (χ3n) is 5.59. The monoisotopic (exact) mass is 537 g/mol. The average Bonchev–Trinajstić information content (AvgIpc) is 3.43. The summed E-state index contributed by atoms with van der Waals surface area (Å²) in [4.78, 5) is 6.87. The molecule has 1 aromatic carbocycles. The Labute approximate surface area is 230 Å². The number of benzene rings is 1. The highest BCUT2D eigenvalue weighted by atomic mass is 32.2. The van der Waals surface area contributed by atoms with Crippen LogP contribution in [0.1, 0.15) is 39.2 Å². The Balaban J connectivity index is 0.000000682. The first-order valence-electron chi connectivity index (χ1n) is 13.2. The number of rotatable bonds is 9. The van der Waals surface area contributed by atoms with Gasteiger partial charge < -0.3 is 10.2 Å². The Hall–Kier alpha value is -3.41. The van der Waals surface area contributed by atoms with E-state index in [1.165, 1.54) is 9.87 Å². The molecule has 1 aliphatic carbocycles.